The van der Waals surface area contributed by atoms with Gasteiger partial charge in [-0.25, -0.2) is 9.48 Å². The number of esters is 1. The van der Waals surface area contributed by atoms with Crippen molar-refractivity contribution in [2.45, 2.75) is 64.5 Å². The van der Waals surface area contributed by atoms with Gasteiger partial charge in [0, 0.05) is 17.7 Å². The monoisotopic (exact) mass is 433 g/mol. The van der Waals surface area contributed by atoms with Crippen molar-refractivity contribution in [2.75, 3.05) is 6.61 Å². The fourth-order valence-electron chi connectivity index (χ4n) is 6.24. The highest BCUT2D eigenvalue weighted by atomic mass is 16.5. The number of carbonyl (C=O) groups is 2. The Morgan fingerprint density at radius 1 is 1.22 bits per heavy atom. The van der Waals surface area contributed by atoms with Crippen molar-refractivity contribution in [1.82, 2.24) is 25.1 Å². The minimum atomic E-state index is -0.339. The standard InChI is InChI=1S/C24H27N5O3/c1-15-12-24(23(31)29(15)19-11-21(30)32-14-19)8-6-16(7-9-24)2-3-17-4-5-20-18(10-17)13-28-22(20)25-26-27-28/h4-5,10-11,15-16H,2-3,6-9,12-14H2,1H3/t15-,16?,24?/m1/s1. The van der Waals surface area contributed by atoms with Crippen LogP contribution in [0.2, 0.25) is 0 Å². The molecule has 0 radical (unpaired) electrons. The van der Waals surface area contributed by atoms with Crippen LogP contribution in [0.1, 0.15) is 56.6 Å². The average molecular weight is 434 g/mol. The van der Waals surface area contributed by atoms with Crippen molar-refractivity contribution < 1.29 is 14.3 Å². The molecule has 3 aliphatic heterocycles. The smallest absolute Gasteiger partial charge is 0.333 e. The van der Waals surface area contributed by atoms with Crippen molar-refractivity contribution in [3.05, 3.63) is 41.1 Å². The number of amides is 1. The third-order valence-electron chi connectivity index (χ3n) is 7.92. The number of carbonyl (C=O) groups excluding carboxylic acids is 2. The van der Waals surface area contributed by atoms with Gasteiger partial charge in [0.15, 0.2) is 5.82 Å². The van der Waals surface area contributed by atoms with Crippen LogP contribution in [-0.2, 0) is 27.3 Å². The van der Waals surface area contributed by atoms with E-state index in [1.54, 1.807) is 0 Å². The second-order valence-corrected chi connectivity index (χ2v) is 9.89. The number of benzene rings is 1. The van der Waals surface area contributed by atoms with Gasteiger partial charge in [-0.2, -0.15) is 0 Å². The molecule has 0 unspecified atom stereocenters. The number of tetrazole rings is 1. The quantitative estimate of drug-likeness (QED) is 0.588. The summed E-state index contributed by atoms with van der Waals surface area (Å²) >= 11 is 0. The van der Waals surface area contributed by atoms with Gasteiger partial charge < -0.3 is 9.64 Å². The van der Waals surface area contributed by atoms with Crippen LogP contribution < -0.4 is 0 Å². The van der Waals surface area contributed by atoms with E-state index in [9.17, 15) is 9.59 Å². The predicted molar refractivity (Wildman–Crippen MR) is 115 cm³/mol. The molecule has 1 saturated heterocycles. The predicted octanol–water partition coefficient (Wildman–Crippen LogP) is 2.87. The van der Waals surface area contributed by atoms with Gasteiger partial charge in [-0.1, -0.05) is 18.2 Å². The Morgan fingerprint density at radius 2 is 2.06 bits per heavy atom. The summed E-state index contributed by atoms with van der Waals surface area (Å²) in [5, 5.41) is 11.9. The van der Waals surface area contributed by atoms with Crippen LogP contribution >= 0.6 is 0 Å². The van der Waals surface area contributed by atoms with E-state index >= 15 is 0 Å². The summed E-state index contributed by atoms with van der Waals surface area (Å²) in [5.74, 6) is 1.38. The third-order valence-corrected chi connectivity index (χ3v) is 7.92. The summed E-state index contributed by atoms with van der Waals surface area (Å²) in [6, 6.07) is 6.77. The highest BCUT2D eigenvalue weighted by Crippen LogP contribution is 2.50. The van der Waals surface area contributed by atoms with E-state index in [2.05, 4.69) is 40.6 Å². The SMILES string of the molecule is C[C@@H]1CC2(CCC(CCc3ccc4c(c3)Cn3nnnc3-4)CC2)C(=O)N1C1=CC(=O)OC1. The zero-order valence-electron chi connectivity index (χ0n) is 18.3. The first-order chi connectivity index (χ1) is 15.5. The van der Waals surface area contributed by atoms with E-state index in [4.69, 9.17) is 4.74 Å². The van der Waals surface area contributed by atoms with E-state index in [1.807, 2.05) is 9.58 Å². The minimum absolute atomic E-state index is 0.130. The zero-order valence-corrected chi connectivity index (χ0v) is 18.3. The number of hydrogen-bond acceptors (Lipinski definition) is 6. The number of aromatic nitrogens is 4. The topological polar surface area (TPSA) is 90.2 Å². The number of hydrogen-bond donors (Lipinski definition) is 0. The molecule has 8 heteroatoms. The van der Waals surface area contributed by atoms with Crippen molar-refractivity contribution in [3.8, 4) is 11.4 Å². The van der Waals surface area contributed by atoms with Gasteiger partial charge in [-0.3, -0.25) is 4.79 Å². The Hall–Kier alpha value is -3.03. The fraction of sp³-hybridized carbons (Fsp3) is 0.542. The summed E-state index contributed by atoms with van der Waals surface area (Å²) in [7, 11) is 0. The van der Waals surface area contributed by atoms with Gasteiger partial charge in [0.05, 0.1) is 17.7 Å². The molecule has 166 valence electrons. The lowest BCUT2D eigenvalue weighted by Gasteiger charge is -2.35. The van der Waals surface area contributed by atoms with Gasteiger partial charge >= 0.3 is 5.97 Å². The van der Waals surface area contributed by atoms with Crippen molar-refractivity contribution in [1.29, 1.82) is 0 Å². The molecule has 1 amide bonds. The molecule has 2 fully saturated rings. The van der Waals surface area contributed by atoms with E-state index in [0.29, 0.717) is 5.92 Å². The Balaban J connectivity index is 1.07. The lowest BCUT2D eigenvalue weighted by Crippen LogP contribution is -2.38. The molecule has 1 aromatic carbocycles. The maximum absolute atomic E-state index is 13.4. The van der Waals surface area contributed by atoms with Gasteiger partial charge in [0.25, 0.3) is 0 Å². The maximum atomic E-state index is 13.4. The summed E-state index contributed by atoms with van der Waals surface area (Å²) in [6.07, 6.45) is 8.66. The molecule has 4 heterocycles. The molecule has 1 saturated carbocycles. The van der Waals surface area contributed by atoms with Crippen LogP contribution in [-0.4, -0.2) is 49.6 Å². The molecule has 1 aliphatic carbocycles. The molecule has 1 atom stereocenters. The van der Waals surface area contributed by atoms with Gasteiger partial charge in [-0.05, 0) is 79.3 Å². The maximum Gasteiger partial charge on any atom is 0.333 e. The Morgan fingerprint density at radius 3 is 2.84 bits per heavy atom. The van der Waals surface area contributed by atoms with E-state index in [0.717, 1.165) is 68.6 Å². The third kappa shape index (κ3) is 3.07. The molecular formula is C24H27N5O3. The van der Waals surface area contributed by atoms with E-state index in [1.165, 1.54) is 17.2 Å². The molecule has 2 aromatic rings. The molecule has 0 bridgehead atoms. The normalized spacial score (nSPS) is 28.8. The van der Waals surface area contributed by atoms with Crippen LogP contribution in [0.25, 0.3) is 11.4 Å². The lowest BCUT2D eigenvalue weighted by atomic mass is 9.68. The first kappa shape index (κ1) is 19.6. The Bertz CT molecular complexity index is 1130. The van der Waals surface area contributed by atoms with Crippen LogP contribution in [0.3, 0.4) is 0 Å². The van der Waals surface area contributed by atoms with Crippen LogP contribution in [0.15, 0.2) is 30.0 Å². The Labute approximate surface area is 186 Å². The van der Waals surface area contributed by atoms with Crippen LogP contribution in [0.5, 0.6) is 0 Å². The summed E-state index contributed by atoms with van der Waals surface area (Å²) in [6.45, 7) is 3.07. The van der Waals surface area contributed by atoms with Crippen molar-refractivity contribution >= 4 is 11.9 Å². The molecule has 1 aromatic heterocycles. The largest absolute Gasteiger partial charge is 0.456 e. The molecule has 4 aliphatic rings. The number of cyclic esters (lactones) is 1. The Kier molecular flexibility index (Phi) is 4.45. The number of nitrogens with zero attached hydrogens (tertiary/aromatic N) is 5. The van der Waals surface area contributed by atoms with Crippen molar-refractivity contribution in [3.63, 3.8) is 0 Å². The molecule has 6 rings (SSSR count). The first-order valence-corrected chi connectivity index (χ1v) is 11.6. The molecule has 32 heavy (non-hydrogen) atoms. The summed E-state index contributed by atoms with van der Waals surface area (Å²) in [4.78, 5) is 26.7. The number of fused-ring (bicyclic) bond motifs is 3. The second kappa shape index (κ2) is 7.25. The van der Waals surface area contributed by atoms with Crippen LogP contribution in [0.4, 0.5) is 0 Å². The minimum Gasteiger partial charge on any atom is -0.456 e. The summed E-state index contributed by atoms with van der Waals surface area (Å²) < 4.78 is 6.89. The number of likely N-dealkylation sites (tertiary alicyclic amines) is 1. The van der Waals surface area contributed by atoms with Gasteiger partial charge in [-0.15, -0.1) is 5.10 Å². The number of aryl methyl sites for hydroxylation is 1. The summed E-state index contributed by atoms with van der Waals surface area (Å²) in [5.41, 5.74) is 4.25. The average Bonchev–Trinajstić information content (AvgIpc) is 3.52. The van der Waals surface area contributed by atoms with Crippen molar-refractivity contribution in [2.24, 2.45) is 11.3 Å². The highest BCUT2D eigenvalue weighted by Gasteiger charge is 2.52. The zero-order chi connectivity index (χ0) is 21.9. The lowest BCUT2D eigenvalue weighted by molar-refractivity contribution is -0.138. The first-order valence-electron chi connectivity index (χ1n) is 11.6. The molecular weight excluding hydrogens is 406 g/mol. The van der Waals surface area contributed by atoms with E-state index < -0.39 is 0 Å². The molecule has 1 spiro atoms. The van der Waals surface area contributed by atoms with Gasteiger partial charge in [0.1, 0.15) is 6.61 Å². The number of ether oxygens (including phenoxy) is 1. The second-order valence-electron chi connectivity index (χ2n) is 9.89. The molecule has 8 nitrogen and oxygen atoms in total. The fourth-order valence-corrected chi connectivity index (χ4v) is 6.24. The molecule has 0 N–H and O–H groups in total. The van der Waals surface area contributed by atoms with Gasteiger partial charge in [0.2, 0.25) is 5.91 Å². The number of rotatable bonds is 4. The highest BCUT2D eigenvalue weighted by molar-refractivity contribution is 5.91. The van der Waals surface area contributed by atoms with E-state index in [-0.39, 0.29) is 29.9 Å². The van der Waals surface area contributed by atoms with Crippen LogP contribution in [0, 0.1) is 11.3 Å².